The number of hydrogen-bond donors (Lipinski definition) is 1. The third-order valence-corrected chi connectivity index (χ3v) is 7.48. The minimum Gasteiger partial charge on any atom is -0.322 e. The standard InChI is InChI=1S/C20H23Cl2N3O3S/c1-15-7-8-17(21)20(19(15)22)23-18(26)13-24-9-11-25(12-10-24)29(27,28)14-16-5-3-2-4-6-16/h2-8H,9-14H2,1H3,(H,23,26). The fraction of sp³-hybridized carbons (Fsp3) is 0.350. The zero-order valence-corrected chi connectivity index (χ0v) is 18.4. The van der Waals surface area contributed by atoms with E-state index in [1.54, 1.807) is 24.3 Å². The van der Waals surface area contributed by atoms with Gasteiger partial charge in [0.2, 0.25) is 15.9 Å². The molecule has 1 aliphatic heterocycles. The molecule has 1 fully saturated rings. The molecule has 0 aromatic heterocycles. The number of amides is 1. The van der Waals surface area contributed by atoms with Crippen molar-refractivity contribution >= 4 is 44.8 Å². The third kappa shape index (κ3) is 5.71. The van der Waals surface area contributed by atoms with Crippen molar-refractivity contribution in [3.63, 3.8) is 0 Å². The van der Waals surface area contributed by atoms with Gasteiger partial charge in [-0.05, 0) is 24.1 Å². The third-order valence-electron chi connectivity index (χ3n) is 4.83. The lowest BCUT2D eigenvalue weighted by molar-refractivity contribution is -0.117. The highest BCUT2D eigenvalue weighted by molar-refractivity contribution is 7.88. The second-order valence-electron chi connectivity index (χ2n) is 7.02. The predicted molar refractivity (Wildman–Crippen MR) is 117 cm³/mol. The highest BCUT2D eigenvalue weighted by Gasteiger charge is 2.28. The monoisotopic (exact) mass is 455 g/mol. The van der Waals surface area contributed by atoms with Crippen molar-refractivity contribution in [2.24, 2.45) is 0 Å². The summed E-state index contributed by atoms with van der Waals surface area (Å²) in [6.45, 7) is 3.66. The van der Waals surface area contributed by atoms with Gasteiger partial charge >= 0.3 is 0 Å². The van der Waals surface area contributed by atoms with Crippen LogP contribution < -0.4 is 5.32 Å². The van der Waals surface area contributed by atoms with Gasteiger partial charge in [0.05, 0.1) is 28.0 Å². The summed E-state index contributed by atoms with van der Waals surface area (Å²) in [7, 11) is -3.38. The Kier molecular flexibility index (Phi) is 7.19. The molecule has 3 rings (SSSR count). The molecule has 1 N–H and O–H groups in total. The number of carbonyl (C=O) groups excluding carboxylic acids is 1. The molecule has 2 aromatic rings. The average Bonchev–Trinajstić information content (AvgIpc) is 2.69. The van der Waals surface area contributed by atoms with Crippen molar-refractivity contribution in [1.82, 2.24) is 9.21 Å². The van der Waals surface area contributed by atoms with E-state index >= 15 is 0 Å². The highest BCUT2D eigenvalue weighted by Crippen LogP contribution is 2.32. The molecule has 6 nitrogen and oxygen atoms in total. The lowest BCUT2D eigenvalue weighted by Gasteiger charge is -2.33. The Morgan fingerprint density at radius 3 is 2.34 bits per heavy atom. The molecule has 156 valence electrons. The highest BCUT2D eigenvalue weighted by atomic mass is 35.5. The van der Waals surface area contributed by atoms with E-state index < -0.39 is 10.0 Å². The number of benzene rings is 2. The van der Waals surface area contributed by atoms with Crippen molar-refractivity contribution < 1.29 is 13.2 Å². The lowest BCUT2D eigenvalue weighted by Crippen LogP contribution is -2.50. The molecular formula is C20H23Cl2N3O3S. The molecule has 0 atom stereocenters. The molecule has 1 saturated heterocycles. The second-order valence-corrected chi connectivity index (χ2v) is 9.77. The Labute approximate surface area is 181 Å². The van der Waals surface area contributed by atoms with E-state index in [1.165, 1.54) is 4.31 Å². The first kappa shape index (κ1) is 22.1. The fourth-order valence-corrected chi connectivity index (χ4v) is 5.18. The number of halogens is 2. The van der Waals surface area contributed by atoms with Crippen LogP contribution in [0.2, 0.25) is 10.0 Å². The zero-order valence-electron chi connectivity index (χ0n) is 16.1. The number of anilines is 1. The molecule has 1 aliphatic rings. The Morgan fingerprint density at radius 1 is 1.03 bits per heavy atom. The van der Waals surface area contributed by atoms with E-state index in [0.29, 0.717) is 41.9 Å². The maximum Gasteiger partial charge on any atom is 0.238 e. The van der Waals surface area contributed by atoms with Crippen LogP contribution in [0.15, 0.2) is 42.5 Å². The number of piperazine rings is 1. The summed E-state index contributed by atoms with van der Waals surface area (Å²) < 4.78 is 26.8. The number of nitrogens with zero attached hydrogens (tertiary/aromatic N) is 2. The minimum atomic E-state index is -3.38. The molecule has 1 amide bonds. The van der Waals surface area contributed by atoms with Crippen LogP contribution in [-0.4, -0.2) is 56.3 Å². The largest absolute Gasteiger partial charge is 0.322 e. The van der Waals surface area contributed by atoms with E-state index in [9.17, 15) is 13.2 Å². The molecule has 0 bridgehead atoms. The quantitative estimate of drug-likeness (QED) is 0.724. The molecule has 0 aliphatic carbocycles. The van der Waals surface area contributed by atoms with Crippen molar-refractivity contribution in [1.29, 1.82) is 0 Å². The molecule has 9 heteroatoms. The van der Waals surface area contributed by atoms with E-state index in [-0.39, 0.29) is 18.2 Å². The van der Waals surface area contributed by atoms with Crippen LogP contribution in [0.5, 0.6) is 0 Å². The number of rotatable bonds is 6. The molecule has 1 heterocycles. The van der Waals surface area contributed by atoms with Gasteiger partial charge < -0.3 is 5.32 Å². The smallest absolute Gasteiger partial charge is 0.238 e. The fourth-order valence-electron chi connectivity index (χ4n) is 3.20. The van der Waals surface area contributed by atoms with Crippen LogP contribution in [-0.2, 0) is 20.6 Å². The van der Waals surface area contributed by atoms with Gasteiger partial charge in [-0.15, -0.1) is 0 Å². The first-order valence-electron chi connectivity index (χ1n) is 9.25. The summed E-state index contributed by atoms with van der Waals surface area (Å²) in [4.78, 5) is 14.3. The van der Waals surface area contributed by atoms with Gasteiger partial charge in [0, 0.05) is 26.2 Å². The maximum atomic E-state index is 12.6. The molecule has 0 spiro atoms. The summed E-state index contributed by atoms with van der Waals surface area (Å²) in [5.41, 5.74) is 1.99. The predicted octanol–water partition coefficient (Wildman–Crippen LogP) is 3.39. The number of aryl methyl sites for hydroxylation is 1. The molecule has 0 unspecified atom stereocenters. The zero-order chi connectivity index (χ0) is 21.0. The van der Waals surface area contributed by atoms with Gasteiger partial charge in [-0.3, -0.25) is 9.69 Å². The van der Waals surface area contributed by atoms with Crippen LogP contribution in [0.1, 0.15) is 11.1 Å². The number of carbonyl (C=O) groups is 1. The lowest BCUT2D eigenvalue weighted by atomic mass is 10.2. The summed E-state index contributed by atoms with van der Waals surface area (Å²) in [6, 6.07) is 12.6. The Balaban J connectivity index is 1.53. The van der Waals surface area contributed by atoms with E-state index in [1.807, 2.05) is 30.0 Å². The molecule has 2 aromatic carbocycles. The number of nitrogens with one attached hydrogen (secondary N) is 1. The van der Waals surface area contributed by atoms with Crippen molar-refractivity contribution in [3.05, 3.63) is 63.6 Å². The summed E-state index contributed by atoms with van der Waals surface area (Å²) in [5.74, 6) is -0.251. The SMILES string of the molecule is Cc1ccc(Cl)c(NC(=O)CN2CCN(S(=O)(=O)Cc3ccccc3)CC2)c1Cl. The van der Waals surface area contributed by atoms with E-state index in [0.717, 1.165) is 11.1 Å². The molecular weight excluding hydrogens is 433 g/mol. The van der Waals surface area contributed by atoms with E-state index in [2.05, 4.69) is 5.32 Å². The van der Waals surface area contributed by atoms with Gasteiger partial charge in [0.1, 0.15) is 0 Å². The Morgan fingerprint density at radius 2 is 1.69 bits per heavy atom. The second kappa shape index (κ2) is 9.45. The Bertz CT molecular complexity index is 976. The summed E-state index contributed by atoms with van der Waals surface area (Å²) in [6.07, 6.45) is 0. The molecule has 0 radical (unpaired) electrons. The average molecular weight is 456 g/mol. The van der Waals surface area contributed by atoms with Crippen molar-refractivity contribution in [3.8, 4) is 0 Å². The van der Waals surface area contributed by atoms with Crippen LogP contribution in [0.25, 0.3) is 0 Å². The van der Waals surface area contributed by atoms with Gasteiger partial charge in [-0.1, -0.05) is 59.6 Å². The van der Waals surface area contributed by atoms with Crippen LogP contribution in [0, 0.1) is 6.92 Å². The molecule has 0 saturated carbocycles. The normalized spacial score (nSPS) is 16.0. The topological polar surface area (TPSA) is 69.7 Å². The van der Waals surface area contributed by atoms with E-state index in [4.69, 9.17) is 23.2 Å². The minimum absolute atomic E-state index is 0.0152. The molecule has 29 heavy (non-hydrogen) atoms. The van der Waals surface area contributed by atoms with Gasteiger partial charge in [0.25, 0.3) is 0 Å². The van der Waals surface area contributed by atoms with Gasteiger partial charge in [0.15, 0.2) is 0 Å². The van der Waals surface area contributed by atoms with Crippen LogP contribution >= 0.6 is 23.2 Å². The van der Waals surface area contributed by atoms with Crippen molar-refractivity contribution in [2.45, 2.75) is 12.7 Å². The Hall–Kier alpha value is -1.64. The maximum absolute atomic E-state index is 12.6. The number of hydrogen-bond acceptors (Lipinski definition) is 4. The van der Waals surface area contributed by atoms with Gasteiger partial charge in [-0.2, -0.15) is 4.31 Å². The first-order chi connectivity index (χ1) is 13.8. The van der Waals surface area contributed by atoms with Gasteiger partial charge in [-0.25, -0.2) is 8.42 Å². The van der Waals surface area contributed by atoms with Crippen molar-refractivity contribution in [2.75, 3.05) is 38.0 Å². The van der Waals surface area contributed by atoms with Crippen LogP contribution in [0.3, 0.4) is 0 Å². The summed E-state index contributed by atoms with van der Waals surface area (Å²) in [5, 5.41) is 3.56. The van der Waals surface area contributed by atoms with Crippen LogP contribution in [0.4, 0.5) is 5.69 Å². The first-order valence-corrected chi connectivity index (χ1v) is 11.6. The summed E-state index contributed by atoms with van der Waals surface area (Å²) >= 11 is 12.4. The number of sulfonamides is 1.